The van der Waals surface area contributed by atoms with Crippen LogP contribution in [0.5, 0.6) is 5.75 Å². The summed E-state index contributed by atoms with van der Waals surface area (Å²) >= 11 is 0. The molecule has 4 rings (SSSR count). The van der Waals surface area contributed by atoms with Crippen molar-refractivity contribution in [1.82, 2.24) is 10.2 Å². The molecule has 5 nitrogen and oxygen atoms in total. The van der Waals surface area contributed by atoms with Crippen molar-refractivity contribution in [3.8, 4) is 5.75 Å². The third kappa shape index (κ3) is 3.81. The highest BCUT2D eigenvalue weighted by atomic mass is 16.3. The minimum absolute atomic E-state index is 0.0660. The molecule has 0 aromatic heterocycles. The van der Waals surface area contributed by atoms with E-state index in [9.17, 15) is 14.7 Å². The summed E-state index contributed by atoms with van der Waals surface area (Å²) in [6, 6.07) is 16.5. The Morgan fingerprint density at radius 1 is 0.933 bits per heavy atom. The molecule has 1 heterocycles. The fourth-order valence-corrected chi connectivity index (χ4v) is 3.82. The predicted molar refractivity (Wildman–Crippen MR) is 118 cm³/mol. The molecule has 2 amide bonds. The number of benzene rings is 3. The lowest BCUT2D eigenvalue weighted by atomic mass is 9.94. The van der Waals surface area contributed by atoms with Crippen LogP contribution in [0.3, 0.4) is 0 Å². The van der Waals surface area contributed by atoms with Crippen LogP contribution in [-0.2, 0) is 13.0 Å². The van der Waals surface area contributed by atoms with E-state index in [0.717, 1.165) is 21.9 Å². The molecule has 2 N–H and O–H groups in total. The second-order valence-corrected chi connectivity index (χ2v) is 8.79. The normalized spacial score (nSPS) is 13.9. The number of rotatable bonds is 5. The summed E-state index contributed by atoms with van der Waals surface area (Å²) in [7, 11) is 0. The second kappa shape index (κ2) is 7.58. The highest BCUT2D eigenvalue weighted by molar-refractivity contribution is 6.25. The van der Waals surface area contributed by atoms with Crippen LogP contribution in [0.2, 0.25) is 0 Å². The molecule has 0 saturated carbocycles. The third-order valence-electron chi connectivity index (χ3n) is 5.43. The molecule has 3 aromatic rings. The van der Waals surface area contributed by atoms with Gasteiger partial charge < -0.3 is 10.4 Å². The van der Waals surface area contributed by atoms with Crippen LogP contribution in [0, 0.1) is 0 Å². The number of nitrogens with one attached hydrogen (secondary N) is 1. The van der Waals surface area contributed by atoms with E-state index in [4.69, 9.17) is 0 Å². The molecule has 0 saturated heterocycles. The largest absolute Gasteiger partial charge is 0.508 e. The summed E-state index contributed by atoms with van der Waals surface area (Å²) in [5.41, 5.74) is 2.85. The van der Waals surface area contributed by atoms with E-state index in [1.165, 1.54) is 4.90 Å². The summed E-state index contributed by atoms with van der Waals surface area (Å²) in [5, 5.41) is 15.2. The number of phenolic OH excluding ortho intramolecular Hbond substituents is 1. The fourth-order valence-electron chi connectivity index (χ4n) is 3.82. The van der Waals surface area contributed by atoms with Crippen LogP contribution >= 0.6 is 0 Å². The van der Waals surface area contributed by atoms with E-state index in [-0.39, 0.29) is 23.1 Å². The molecule has 0 unspecified atom stereocenters. The fraction of sp³-hybridized carbons (Fsp3) is 0.280. The molecule has 3 aromatic carbocycles. The summed E-state index contributed by atoms with van der Waals surface area (Å²) in [6.45, 7) is 7.04. The second-order valence-electron chi connectivity index (χ2n) is 8.79. The monoisotopic (exact) mass is 402 g/mol. The van der Waals surface area contributed by atoms with E-state index >= 15 is 0 Å². The van der Waals surface area contributed by atoms with Gasteiger partial charge in [-0.05, 0) is 56.3 Å². The van der Waals surface area contributed by atoms with Crippen molar-refractivity contribution in [1.29, 1.82) is 0 Å². The Balaban J connectivity index is 1.55. The summed E-state index contributed by atoms with van der Waals surface area (Å²) in [6.07, 6.45) is 0.526. The zero-order valence-electron chi connectivity index (χ0n) is 17.5. The minimum atomic E-state index is -0.252. The van der Waals surface area contributed by atoms with Gasteiger partial charge in [0, 0.05) is 40.7 Å². The first-order valence-corrected chi connectivity index (χ1v) is 10.2. The van der Waals surface area contributed by atoms with Gasteiger partial charge in [-0.2, -0.15) is 0 Å². The van der Waals surface area contributed by atoms with E-state index < -0.39 is 0 Å². The number of phenols is 1. The van der Waals surface area contributed by atoms with Gasteiger partial charge in [-0.3, -0.25) is 14.5 Å². The first-order valence-electron chi connectivity index (χ1n) is 10.2. The van der Waals surface area contributed by atoms with Crippen LogP contribution in [-0.4, -0.2) is 33.9 Å². The molecule has 1 aliphatic rings. The minimum Gasteiger partial charge on any atom is -0.508 e. The maximum absolute atomic E-state index is 13.0. The van der Waals surface area contributed by atoms with Gasteiger partial charge in [0.2, 0.25) is 0 Å². The first-order chi connectivity index (χ1) is 14.2. The molecule has 154 valence electrons. The summed E-state index contributed by atoms with van der Waals surface area (Å²) in [4.78, 5) is 27.4. The number of hydrogen-bond donors (Lipinski definition) is 2. The van der Waals surface area contributed by atoms with Crippen LogP contribution in [0.1, 0.15) is 52.6 Å². The smallest absolute Gasteiger partial charge is 0.261 e. The Labute approximate surface area is 176 Å². The number of amides is 2. The topological polar surface area (TPSA) is 69.6 Å². The lowest BCUT2D eigenvalue weighted by Crippen LogP contribution is -2.41. The van der Waals surface area contributed by atoms with Crippen LogP contribution in [0.4, 0.5) is 0 Å². The van der Waals surface area contributed by atoms with Gasteiger partial charge in [0.15, 0.2) is 0 Å². The highest BCUT2D eigenvalue weighted by Gasteiger charge is 2.32. The lowest BCUT2D eigenvalue weighted by molar-refractivity contribution is 0.0612. The van der Waals surface area contributed by atoms with Crippen molar-refractivity contribution >= 4 is 22.6 Å². The van der Waals surface area contributed by atoms with Crippen molar-refractivity contribution in [2.45, 2.75) is 39.3 Å². The molecule has 0 spiro atoms. The average molecular weight is 402 g/mol. The van der Waals surface area contributed by atoms with Gasteiger partial charge >= 0.3 is 0 Å². The molecule has 5 heteroatoms. The number of carbonyl (C=O) groups excluding carboxylic acids is 2. The van der Waals surface area contributed by atoms with Gasteiger partial charge in [0.05, 0.1) is 0 Å². The van der Waals surface area contributed by atoms with Gasteiger partial charge in [-0.25, -0.2) is 0 Å². The van der Waals surface area contributed by atoms with E-state index in [1.54, 1.807) is 18.2 Å². The number of imide groups is 1. The van der Waals surface area contributed by atoms with Crippen molar-refractivity contribution in [2.24, 2.45) is 0 Å². The van der Waals surface area contributed by atoms with E-state index in [0.29, 0.717) is 30.6 Å². The average Bonchev–Trinajstić information content (AvgIpc) is 2.71. The van der Waals surface area contributed by atoms with Gasteiger partial charge in [-0.15, -0.1) is 0 Å². The SMILES string of the molecule is CC(C)(C)NCc1cc(CCN2C(=O)c3cccc4cccc(c34)C2=O)ccc1O. The van der Waals surface area contributed by atoms with Crippen LogP contribution in [0.15, 0.2) is 54.6 Å². The maximum Gasteiger partial charge on any atom is 0.261 e. The summed E-state index contributed by atoms with van der Waals surface area (Å²) in [5.74, 6) is -0.267. The molecular weight excluding hydrogens is 376 g/mol. The van der Waals surface area contributed by atoms with Crippen molar-refractivity contribution in [2.75, 3.05) is 6.54 Å². The molecule has 0 bridgehead atoms. The molecule has 0 aliphatic carbocycles. The van der Waals surface area contributed by atoms with Gasteiger partial charge in [-0.1, -0.05) is 36.4 Å². The Morgan fingerprint density at radius 3 is 2.17 bits per heavy atom. The van der Waals surface area contributed by atoms with Crippen molar-refractivity contribution in [3.05, 3.63) is 76.9 Å². The Bertz CT molecular complexity index is 1090. The first kappa shape index (κ1) is 20.1. The van der Waals surface area contributed by atoms with Crippen molar-refractivity contribution < 1.29 is 14.7 Å². The van der Waals surface area contributed by atoms with E-state index in [2.05, 4.69) is 26.1 Å². The van der Waals surface area contributed by atoms with Crippen LogP contribution < -0.4 is 5.32 Å². The third-order valence-corrected chi connectivity index (χ3v) is 5.43. The zero-order valence-corrected chi connectivity index (χ0v) is 17.5. The number of carbonyl (C=O) groups is 2. The summed E-state index contributed by atoms with van der Waals surface area (Å²) < 4.78 is 0. The quantitative estimate of drug-likeness (QED) is 0.625. The van der Waals surface area contributed by atoms with Crippen LogP contribution in [0.25, 0.3) is 10.8 Å². The number of hydrogen-bond acceptors (Lipinski definition) is 4. The lowest BCUT2D eigenvalue weighted by Gasteiger charge is -2.27. The Morgan fingerprint density at radius 2 is 1.57 bits per heavy atom. The predicted octanol–water partition coefficient (Wildman–Crippen LogP) is 4.27. The Hall–Kier alpha value is -3.18. The standard InChI is InChI=1S/C25H26N2O3/c1-25(2,3)26-15-18-14-16(10-11-21(18)28)12-13-27-23(29)19-8-4-6-17-7-5-9-20(22(17)19)24(27)30/h4-11,14,26,28H,12-13,15H2,1-3H3. The number of aromatic hydroxyl groups is 1. The highest BCUT2D eigenvalue weighted by Crippen LogP contribution is 2.30. The molecule has 0 radical (unpaired) electrons. The Kier molecular flexibility index (Phi) is 5.08. The zero-order chi connectivity index (χ0) is 21.5. The van der Waals surface area contributed by atoms with E-state index in [1.807, 2.05) is 36.4 Å². The molecule has 30 heavy (non-hydrogen) atoms. The molecule has 1 aliphatic heterocycles. The number of nitrogens with zero attached hydrogens (tertiary/aromatic N) is 1. The molecular formula is C25H26N2O3. The maximum atomic E-state index is 13.0. The van der Waals surface area contributed by atoms with Gasteiger partial charge in [0.25, 0.3) is 11.8 Å². The van der Waals surface area contributed by atoms with Gasteiger partial charge in [0.1, 0.15) is 5.75 Å². The molecule has 0 fully saturated rings. The molecule has 0 atom stereocenters. The van der Waals surface area contributed by atoms with Crippen molar-refractivity contribution in [3.63, 3.8) is 0 Å².